The molecule has 2 amide bonds. The fourth-order valence-electron chi connectivity index (χ4n) is 2.93. The minimum atomic E-state index is -0.509. The first kappa shape index (κ1) is 19.0. The van der Waals surface area contributed by atoms with Crippen molar-refractivity contribution in [2.75, 3.05) is 26.2 Å². The number of rotatable bonds is 2. The maximum Gasteiger partial charge on any atom is 0.410 e. The molecule has 7 heteroatoms. The highest BCUT2D eigenvalue weighted by molar-refractivity contribution is 7.17. The summed E-state index contributed by atoms with van der Waals surface area (Å²) in [6, 6.07) is 5.76. The van der Waals surface area contributed by atoms with Crippen molar-refractivity contribution in [1.82, 2.24) is 9.80 Å². The van der Waals surface area contributed by atoms with Gasteiger partial charge < -0.3 is 14.5 Å². The Morgan fingerprint density at radius 1 is 1.15 bits per heavy atom. The number of ether oxygens (including phenoxy) is 1. The first-order valence-corrected chi connectivity index (χ1v) is 9.90. The summed E-state index contributed by atoms with van der Waals surface area (Å²) in [5.74, 6) is 0.0773. The van der Waals surface area contributed by atoms with Crippen LogP contribution < -0.4 is 0 Å². The van der Waals surface area contributed by atoms with E-state index in [2.05, 4.69) is 0 Å². The molecule has 0 bridgehead atoms. The third-order valence-corrected chi connectivity index (χ3v) is 5.49. The second-order valence-electron chi connectivity index (χ2n) is 7.43. The molecular formula is C19H23ClN2O3S. The number of hydrogen-bond acceptors (Lipinski definition) is 4. The number of carbonyl (C=O) groups excluding carboxylic acids is 2. The Hall–Kier alpha value is -1.79. The summed E-state index contributed by atoms with van der Waals surface area (Å²) in [4.78, 5) is 28.3. The van der Waals surface area contributed by atoms with E-state index in [1.54, 1.807) is 16.2 Å². The lowest BCUT2D eigenvalue weighted by molar-refractivity contribution is -0.132. The van der Waals surface area contributed by atoms with Crippen LogP contribution in [0.3, 0.4) is 0 Å². The largest absolute Gasteiger partial charge is 0.444 e. The highest BCUT2D eigenvalue weighted by Crippen LogP contribution is 2.29. The number of amides is 2. The van der Waals surface area contributed by atoms with Crippen LogP contribution in [0, 0.1) is 0 Å². The second kappa shape index (κ2) is 7.45. The fourth-order valence-corrected chi connectivity index (χ4v) is 4.05. The van der Waals surface area contributed by atoms with Crippen LogP contribution in [0.4, 0.5) is 4.79 Å². The van der Waals surface area contributed by atoms with Crippen LogP contribution in [-0.4, -0.2) is 53.6 Å². The van der Waals surface area contributed by atoms with Gasteiger partial charge >= 0.3 is 6.09 Å². The Balaban J connectivity index is 1.58. The van der Waals surface area contributed by atoms with Gasteiger partial charge in [0, 0.05) is 35.9 Å². The van der Waals surface area contributed by atoms with Gasteiger partial charge in [0.05, 0.1) is 6.42 Å². The zero-order valence-corrected chi connectivity index (χ0v) is 16.8. The SMILES string of the molecule is CC(C)(C)OC(=O)N1CCN(C(=O)Cc2csc3ccc(Cl)cc23)CC1. The van der Waals surface area contributed by atoms with E-state index in [1.165, 1.54) is 0 Å². The molecule has 1 aromatic carbocycles. The van der Waals surface area contributed by atoms with E-state index in [4.69, 9.17) is 16.3 Å². The van der Waals surface area contributed by atoms with E-state index in [0.29, 0.717) is 37.6 Å². The minimum Gasteiger partial charge on any atom is -0.444 e. The molecule has 0 radical (unpaired) electrons. The van der Waals surface area contributed by atoms with Gasteiger partial charge in [0.1, 0.15) is 5.60 Å². The maximum absolute atomic E-state index is 12.7. The van der Waals surface area contributed by atoms with Crippen LogP contribution in [0.25, 0.3) is 10.1 Å². The lowest BCUT2D eigenvalue weighted by Crippen LogP contribution is -2.51. The highest BCUT2D eigenvalue weighted by atomic mass is 35.5. The molecule has 0 unspecified atom stereocenters. The zero-order valence-electron chi connectivity index (χ0n) is 15.3. The molecule has 0 aliphatic carbocycles. The number of carbonyl (C=O) groups is 2. The van der Waals surface area contributed by atoms with Crippen LogP contribution in [0.15, 0.2) is 23.6 Å². The van der Waals surface area contributed by atoms with Gasteiger partial charge in [-0.3, -0.25) is 4.79 Å². The number of hydrogen-bond donors (Lipinski definition) is 0. The summed E-state index contributed by atoms with van der Waals surface area (Å²) in [5.41, 5.74) is 0.498. The molecule has 2 heterocycles. The monoisotopic (exact) mass is 394 g/mol. The standard InChI is InChI=1S/C19H23ClN2O3S/c1-19(2,3)25-18(24)22-8-6-21(7-9-22)17(23)10-13-12-26-16-5-4-14(20)11-15(13)16/h4-5,11-12H,6-10H2,1-3H3. The molecule has 0 saturated carbocycles. The van der Waals surface area contributed by atoms with Crippen molar-refractivity contribution in [3.8, 4) is 0 Å². The predicted molar refractivity (Wildman–Crippen MR) is 105 cm³/mol. The average Bonchev–Trinajstić information content (AvgIpc) is 2.95. The number of thiophene rings is 1. The van der Waals surface area contributed by atoms with Crippen molar-refractivity contribution in [2.24, 2.45) is 0 Å². The Kier molecular flexibility index (Phi) is 5.44. The molecule has 1 aliphatic rings. The quantitative estimate of drug-likeness (QED) is 0.767. The fraction of sp³-hybridized carbons (Fsp3) is 0.474. The lowest BCUT2D eigenvalue weighted by Gasteiger charge is -2.35. The molecule has 3 rings (SSSR count). The smallest absolute Gasteiger partial charge is 0.410 e. The van der Waals surface area contributed by atoms with Gasteiger partial charge in [-0.2, -0.15) is 0 Å². The van der Waals surface area contributed by atoms with Gasteiger partial charge in [0.25, 0.3) is 0 Å². The third kappa shape index (κ3) is 4.48. The maximum atomic E-state index is 12.7. The molecule has 1 saturated heterocycles. The number of halogens is 1. The Morgan fingerprint density at radius 3 is 2.46 bits per heavy atom. The van der Waals surface area contributed by atoms with Crippen LogP contribution in [0.2, 0.25) is 5.02 Å². The number of fused-ring (bicyclic) bond motifs is 1. The molecule has 5 nitrogen and oxygen atoms in total. The second-order valence-corrected chi connectivity index (χ2v) is 8.77. The first-order chi connectivity index (χ1) is 12.2. The van der Waals surface area contributed by atoms with E-state index in [9.17, 15) is 9.59 Å². The van der Waals surface area contributed by atoms with Gasteiger partial charge in [0.2, 0.25) is 5.91 Å². The average molecular weight is 395 g/mol. The van der Waals surface area contributed by atoms with E-state index in [1.807, 2.05) is 49.3 Å². The van der Waals surface area contributed by atoms with Gasteiger partial charge in [-0.05, 0) is 55.3 Å². The topological polar surface area (TPSA) is 49.9 Å². The number of piperazine rings is 1. The highest BCUT2D eigenvalue weighted by Gasteiger charge is 2.27. The summed E-state index contributed by atoms with van der Waals surface area (Å²) in [7, 11) is 0. The van der Waals surface area contributed by atoms with Gasteiger partial charge in [-0.25, -0.2) is 4.79 Å². The van der Waals surface area contributed by atoms with E-state index in [-0.39, 0.29) is 12.0 Å². The van der Waals surface area contributed by atoms with Crippen molar-refractivity contribution in [3.05, 3.63) is 34.2 Å². The van der Waals surface area contributed by atoms with E-state index in [0.717, 1.165) is 15.6 Å². The zero-order chi connectivity index (χ0) is 18.9. The molecule has 140 valence electrons. The molecule has 26 heavy (non-hydrogen) atoms. The van der Waals surface area contributed by atoms with Gasteiger partial charge in [-0.1, -0.05) is 11.6 Å². The van der Waals surface area contributed by atoms with E-state index < -0.39 is 5.60 Å². The van der Waals surface area contributed by atoms with Crippen molar-refractivity contribution < 1.29 is 14.3 Å². The van der Waals surface area contributed by atoms with Gasteiger partial charge in [-0.15, -0.1) is 11.3 Å². The lowest BCUT2D eigenvalue weighted by atomic mass is 10.1. The summed E-state index contributed by atoms with van der Waals surface area (Å²) in [6.07, 6.45) is 0.0373. The molecule has 0 spiro atoms. The Labute approximate surface area is 162 Å². The normalized spacial score (nSPS) is 15.4. The van der Waals surface area contributed by atoms with Crippen LogP contribution in [0.1, 0.15) is 26.3 Å². The Morgan fingerprint density at radius 2 is 1.81 bits per heavy atom. The van der Waals surface area contributed by atoms with Crippen LogP contribution in [-0.2, 0) is 16.0 Å². The third-order valence-electron chi connectivity index (χ3n) is 4.24. The summed E-state index contributed by atoms with van der Waals surface area (Å²) in [5, 5.41) is 3.74. The molecular weight excluding hydrogens is 372 g/mol. The molecule has 0 atom stereocenters. The number of benzene rings is 1. The van der Waals surface area contributed by atoms with E-state index >= 15 is 0 Å². The van der Waals surface area contributed by atoms with Crippen LogP contribution >= 0.6 is 22.9 Å². The molecule has 0 N–H and O–H groups in total. The van der Waals surface area contributed by atoms with Crippen molar-refractivity contribution in [3.63, 3.8) is 0 Å². The molecule has 1 aromatic heterocycles. The van der Waals surface area contributed by atoms with Crippen LogP contribution in [0.5, 0.6) is 0 Å². The summed E-state index contributed by atoms with van der Waals surface area (Å²) in [6.45, 7) is 7.60. The van der Waals surface area contributed by atoms with Crippen molar-refractivity contribution in [2.45, 2.75) is 32.8 Å². The summed E-state index contributed by atoms with van der Waals surface area (Å²) < 4.78 is 6.52. The molecule has 2 aromatic rings. The molecule has 1 fully saturated rings. The minimum absolute atomic E-state index is 0.0773. The summed E-state index contributed by atoms with van der Waals surface area (Å²) >= 11 is 7.71. The molecule has 1 aliphatic heterocycles. The van der Waals surface area contributed by atoms with Gasteiger partial charge in [0.15, 0.2) is 0 Å². The van der Waals surface area contributed by atoms with Crippen molar-refractivity contribution >= 4 is 45.0 Å². The van der Waals surface area contributed by atoms with Crippen molar-refractivity contribution in [1.29, 1.82) is 0 Å². The number of nitrogens with zero attached hydrogens (tertiary/aromatic N) is 2. The predicted octanol–water partition coefficient (Wildman–Crippen LogP) is 4.18. The first-order valence-electron chi connectivity index (χ1n) is 8.64. The Bertz CT molecular complexity index is 820.